The second kappa shape index (κ2) is 7.23. The molecule has 2 aromatic carbocycles. The largest absolute Gasteiger partial charge is 0.445 e. The quantitative estimate of drug-likeness (QED) is 0.638. The van der Waals surface area contributed by atoms with Crippen LogP contribution >= 0.6 is 0 Å². The van der Waals surface area contributed by atoms with Crippen LogP contribution in [0, 0.1) is 12.8 Å². The van der Waals surface area contributed by atoms with Gasteiger partial charge in [-0.1, -0.05) is 24.3 Å². The Bertz CT molecular complexity index is 1070. The number of carbonyl (C=O) groups excluding carboxylic acids is 2. The number of benzene rings is 2. The average molecular weight is 373 g/mol. The van der Waals surface area contributed by atoms with E-state index in [1.165, 1.54) is 11.3 Å². The van der Waals surface area contributed by atoms with Crippen LogP contribution in [0.5, 0.6) is 0 Å². The van der Waals surface area contributed by atoms with E-state index in [1.807, 2.05) is 55.5 Å². The fourth-order valence-corrected chi connectivity index (χ4v) is 3.36. The lowest BCUT2D eigenvalue weighted by atomic mass is 9.93. The van der Waals surface area contributed by atoms with Crippen LogP contribution in [0.25, 0.3) is 11.5 Å². The van der Waals surface area contributed by atoms with Crippen molar-refractivity contribution < 1.29 is 14.0 Å². The lowest BCUT2D eigenvalue weighted by Gasteiger charge is -2.14. The molecule has 3 aromatic rings. The van der Waals surface area contributed by atoms with Gasteiger partial charge in [0, 0.05) is 12.0 Å². The summed E-state index contributed by atoms with van der Waals surface area (Å²) in [6.07, 6.45) is 3.22. The average Bonchev–Trinajstić information content (AvgIpc) is 3.30. The van der Waals surface area contributed by atoms with Crippen LogP contribution in [0.4, 0.5) is 5.69 Å². The Kier molecular flexibility index (Phi) is 4.61. The van der Waals surface area contributed by atoms with E-state index in [0.29, 0.717) is 17.3 Å². The molecule has 0 N–H and O–H groups in total. The minimum atomic E-state index is -0.856. The Hall–Kier alpha value is -3.54. The van der Waals surface area contributed by atoms with Gasteiger partial charge in [0.1, 0.15) is 12.2 Å². The highest BCUT2D eigenvalue weighted by Crippen LogP contribution is 2.26. The van der Waals surface area contributed by atoms with E-state index in [4.69, 9.17) is 4.42 Å². The molecule has 0 fully saturated rings. The van der Waals surface area contributed by atoms with Crippen molar-refractivity contribution >= 4 is 23.1 Å². The predicted octanol–water partition coefficient (Wildman–Crippen LogP) is 3.80. The summed E-state index contributed by atoms with van der Waals surface area (Å²) in [7, 11) is 0. The van der Waals surface area contributed by atoms with Crippen LogP contribution in [0.15, 0.2) is 70.5 Å². The molecule has 1 unspecified atom stereocenters. The van der Waals surface area contributed by atoms with Crippen molar-refractivity contribution in [3.63, 3.8) is 0 Å². The molecule has 1 amide bonds. The molecule has 0 radical (unpaired) electrons. The van der Waals surface area contributed by atoms with Gasteiger partial charge in [-0.15, -0.1) is 0 Å². The summed E-state index contributed by atoms with van der Waals surface area (Å²) in [6.45, 7) is 3.67. The van der Waals surface area contributed by atoms with Crippen LogP contribution < -0.4 is 5.01 Å². The molecular weight excluding hydrogens is 354 g/mol. The van der Waals surface area contributed by atoms with Crippen LogP contribution in [0.1, 0.15) is 18.1 Å². The van der Waals surface area contributed by atoms with E-state index in [1.54, 1.807) is 13.1 Å². The van der Waals surface area contributed by atoms with Gasteiger partial charge in [-0.2, -0.15) is 10.1 Å². The first kappa shape index (κ1) is 17.9. The Morgan fingerprint density at radius 3 is 2.71 bits per heavy atom. The highest BCUT2D eigenvalue weighted by molar-refractivity contribution is 6.27. The maximum absolute atomic E-state index is 12.9. The van der Waals surface area contributed by atoms with Crippen molar-refractivity contribution in [2.24, 2.45) is 11.0 Å². The van der Waals surface area contributed by atoms with E-state index in [9.17, 15) is 9.59 Å². The van der Waals surface area contributed by atoms with Crippen molar-refractivity contribution in [1.29, 1.82) is 0 Å². The summed E-state index contributed by atoms with van der Waals surface area (Å²) in [5.41, 5.74) is 3.80. The molecule has 0 saturated carbocycles. The minimum absolute atomic E-state index is 0.138. The number of hydrogen-bond donors (Lipinski definition) is 0. The molecule has 0 aliphatic carbocycles. The van der Waals surface area contributed by atoms with Gasteiger partial charge in [-0.3, -0.25) is 9.59 Å². The number of aromatic nitrogens is 1. The van der Waals surface area contributed by atoms with Crippen LogP contribution in [-0.2, 0) is 16.0 Å². The van der Waals surface area contributed by atoms with E-state index in [2.05, 4.69) is 10.1 Å². The second-order valence-corrected chi connectivity index (χ2v) is 6.84. The number of rotatable bonds is 5. The number of oxazole rings is 1. The van der Waals surface area contributed by atoms with Crippen LogP contribution in [-0.4, -0.2) is 22.4 Å². The number of ketones is 1. The third-order valence-corrected chi connectivity index (χ3v) is 4.68. The summed E-state index contributed by atoms with van der Waals surface area (Å²) in [5.74, 6) is -0.844. The molecule has 6 nitrogen and oxygen atoms in total. The SMILES string of the molecule is CC1=NN(c2cccc(C)c2)C(=O)C1C(=O)Cc1cccc(-c2ncco2)c1. The molecule has 2 heterocycles. The zero-order valence-electron chi connectivity index (χ0n) is 15.6. The summed E-state index contributed by atoms with van der Waals surface area (Å²) < 4.78 is 5.31. The van der Waals surface area contributed by atoms with Gasteiger partial charge in [0.2, 0.25) is 5.89 Å². The molecule has 1 aliphatic heterocycles. The van der Waals surface area contributed by atoms with Gasteiger partial charge in [-0.05, 0) is 49.2 Å². The minimum Gasteiger partial charge on any atom is -0.445 e. The molecule has 0 bridgehead atoms. The normalized spacial score (nSPS) is 16.4. The number of nitrogens with zero attached hydrogens (tertiary/aromatic N) is 3. The topological polar surface area (TPSA) is 75.8 Å². The number of amides is 1. The fraction of sp³-hybridized carbons (Fsp3) is 0.182. The van der Waals surface area contributed by atoms with Crippen molar-refractivity contribution in [2.75, 3.05) is 5.01 Å². The standard InChI is InChI=1S/C22H19N3O3/c1-14-5-3-8-18(11-14)25-22(27)20(15(2)24-25)19(26)13-16-6-4-7-17(12-16)21-23-9-10-28-21/h3-12,20H,13H2,1-2H3. The molecule has 28 heavy (non-hydrogen) atoms. The lowest BCUT2D eigenvalue weighted by Crippen LogP contribution is -2.33. The number of Topliss-reactive ketones (excluding diaryl/α,β-unsaturated/α-hetero) is 1. The van der Waals surface area contributed by atoms with E-state index < -0.39 is 5.92 Å². The zero-order chi connectivity index (χ0) is 19.7. The van der Waals surface area contributed by atoms with E-state index in [-0.39, 0.29) is 18.1 Å². The highest BCUT2D eigenvalue weighted by atomic mass is 16.3. The Labute approximate surface area is 162 Å². The Morgan fingerprint density at radius 2 is 1.96 bits per heavy atom. The van der Waals surface area contributed by atoms with Crippen molar-refractivity contribution in [1.82, 2.24) is 4.98 Å². The lowest BCUT2D eigenvalue weighted by molar-refractivity contribution is -0.128. The van der Waals surface area contributed by atoms with Gasteiger partial charge in [0.05, 0.1) is 17.6 Å². The van der Waals surface area contributed by atoms with Gasteiger partial charge in [-0.25, -0.2) is 4.98 Å². The van der Waals surface area contributed by atoms with Crippen LogP contribution in [0.2, 0.25) is 0 Å². The highest BCUT2D eigenvalue weighted by Gasteiger charge is 2.39. The maximum atomic E-state index is 12.9. The van der Waals surface area contributed by atoms with Crippen LogP contribution in [0.3, 0.4) is 0 Å². The van der Waals surface area contributed by atoms with Crippen molar-refractivity contribution in [3.05, 3.63) is 72.1 Å². The summed E-state index contributed by atoms with van der Waals surface area (Å²) in [5, 5.41) is 5.67. The molecular formula is C22H19N3O3. The van der Waals surface area contributed by atoms with Crippen molar-refractivity contribution in [3.8, 4) is 11.5 Å². The molecule has 0 saturated heterocycles. The molecule has 140 valence electrons. The van der Waals surface area contributed by atoms with E-state index in [0.717, 1.165) is 16.7 Å². The van der Waals surface area contributed by atoms with Gasteiger partial charge >= 0.3 is 0 Å². The summed E-state index contributed by atoms with van der Waals surface area (Å²) in [4.78, 5) is 29.9. The number of carbonyl (C=O) groups is 2. The molecule has 1 aromatic heterocycles. The number of hydrogen-bond acceptors (Lipinski definition) is 5. The number of aryl methyl sites for hydroxylation is 1. The smallest absolute Gasteiger partial charge is 0.263 e. The third kappa shape index (κ3) is 3.36. The van der Waals surface area contributed by atoms with E-state index >= 15 is 0 Å². The number of hydrazone groups is 1. The molecule has 6 heteroatoms. The maximum Gasteiger partial charge on any atom is 0.263 e. The zero-order valence-corrected chi connectivity index (χ0v) is 15.6. The first-order valence-corrected chi connectivity index (χ1v) is 9.00. The Morgan fingerprint density at radius 1 is 1.14 bits per heavy atom. The summed E-state index contributed by atoms with van der Waals surface area (Å²) >= 11 is 0. The second-order valence-electron chi connectivity index (χ2n) is 6.84. The number of anilines is 1. The van der Waals surface area contributed by atoms with Crippen molar-refractivity contribution in [2.45, 2.75) is 20.3 Å². The predicted molar refractivity (Wildman–Crippen MR) is 106 cm³/mol. The molecule has 1 aliphatic rings. The third-order valence-electron chi connectivity index (χ3n) is 4.68. The summed E-state index contributed by atoms with van der Waals surface area (Å²) in [6, 6.07) is 14.9. The van der Waals surface area contributed by atoms with Gasteiger partial charge in [0.25, 0.3) is 5.91 Å². The first-order valence-electron chi connectivity index (χ1n) is 9.00. The van der Waals surface area contributed by atoms with Gasteiger partial charge < -0.3 is 4.42 Å². The molecule has 4 rings (SSSR count). The Balaban J connectivity index is 1.53. The fourth-order valence-electron chi connectivity index (χ4n) is 3.36. The first-order chi connectivity index (χ1) is 13.5. The van der Waals surface area contributed by atoms with Gasteiger partial charge in [0.15, 0.2) is 5.78 Å². The molecule has 1 atom stereocenters. The monoisotopic (exact) mass is 373 g/mol. The molecule has 0 spiro atoms.